The number of thiazole rings is 1. The van der Waals surface area contributed by atoms with Gasteiger partial charge in [0.1, 0.15) is 5.75 Å². The Morgan fingerprint density at radius 1 is 1.20 bits per heavy atom. The van der Waals surface area contributed by atoms with Crippen LogP contribution in [0.3, 0.4) is 0 Å². The van der Waals surface area contributed by atoms with E-state index in [2.05, 4.69) is 4.99 Å². The molecule has 0 saturated heterocycles. The van der Waals surface area contributed by atoms with E-state index in [1.54, 1.807) is 48.8 Å². The normalized spacial score (nSPS) is 16.2. The minimum absolute atomic E-state index is 0.160. The molecule has 0 aliphatic carbocycles. The third kappa shape index (κ3) is 3.59. The molecule has 1 unspecified atom stereocenters. The molecular formula is C23H20N2O4S. The van der Waals surface area contributed by atoms with Gasteiger partial charge in [-0.05, 0) is 43.2 Å². The van der Waals surface area contributed by atoms with Gasteiger partial charge in [0.05, 0.1) is 28.5 Å². The lowest BCUT2D eigenvalue weighted by molar-refractivity contribution is -0.139. The van der Waals surface area contributed by atoms with Crippen LogP contribution in [0, 0.1) is 0 Å². The largest absolute Gasteiger partial charge is 0.508 e. The summed E-state index contributed by atoms with van der Waals surface area (Å²) in [5.74, 6) is -0.312. The predicted molar refractivity (Wildman–Crippen MR) is 115 cm³/mol. The van der Waals surface area contributed by atoms with Crippen molar-refractivity contribution >= 4 is 23.4 Å². The lowest BCUT2D eigenvalue weighted by atomic mass is 9.96. The number of aromatic hydroxyl groups is 1. The molecule has 1 N–H and O–H groups in total. The smallest absolute Gasteiger partial charge is 0.338 e. The number of rotatable bonds is 4. The molecule has 152 valence electrons. The van der Waals surface area contributed by atoms with E-state index in [9.17, 15) is 14.7 Å². The first-order chi connectivity index (χ1) is 14.5. The molecular weight excluding hydrogens is 400 g/mol. The number of fused-ring (bicyclic) bond motifs is 1. The molecule has 2 heterocycles. The molecule has 1 aromatic heterocycles. The van der Waals surface area contributed by atoms with Crippen molar-refractivity contribution in [3.05, 3.63) is 96.7 Å². The summed E-state index contributed by atoms with van der Waals surface area (Å²) in [5.41, 5.74) is 2.28. The minimum atomic E-state index is -0.608. The van der Waals surface area contributed by atoms with Crippen LogP contribution in [-0.4, -0.2) is 22.2 Å². The van der Waals surface area contributed by atoms with Crippen LogP contribution in [0.1, 0.15) is 31.0 Å². The first-order valence-electron chi connectivity index (χ1n) is 9.53. The number of aromatic nitrogens is 1. The highest BCUT2D eigenvalue weighted by Gasteiger charge is 2.33. The Bertz CT molecular complexity index is 1300. The molecule has 0 saturated carbocycles. The summed E-state index contributed by atoms with van der Waals surface area (Å²) in [6, 6.07) is 15.4. The fourth-order valence-corrected chi connectivity index (χ4v) is 4.51. The van der Waals surface area contributed by atoms with Crippen molar-refractivity contribution in [1.29, 1.82) is 0 Å². The molecule has 3 aromatic rings. The Morgan fingerprint density at radius 2 is 1.90 bits per heavy atom. The summed E-state index contributed by atoms with van der Waals surface area (Å²) < 4.78 is 7.33. The Labute approximate surface area is 176 Å². The maximum absolute atomic E-state index is 13.4. The fourth-order valence-electron chi connectivity index (χ4n) is 3.46. The molecule has 0 spiro atoms. The van der Waals surface area contributed by atoms with E-state index < -0.39 is 12.0 Å². The molecule has 0 fully saturated rings. The lowest BCUT2D eigenvalue weighted by Crippen LogP contribution is -2.39. The highest BCUT2D eigenvalue weighted by molar-refractivity contribution is 7.07. The summed E-state index contributed by atoms with van der Waals surface area (Å²) >= 11 is 1.27. The number of phenolic OH excluding ortho intramolecular Hbond substituents is 1. The number of hydrogen-bond donors (Lipinski definition) is 1. The monoisotopic (exact) mass is 420 g/mol. The molecule has 0 amide bonds. The Hall–Kier alpha value is -3.45. The molecule has 6 nitrogen and oxygen atoms in total. The molecule has 1 atom stereocenters. The van der Waals surface area contributed by atoms with Crippen molar-refractivity contribution in [2.45, 2.75) is 19.9 Å². The Kier molecular flexibility index (Phi) is 5.37. The van der Waals surface area contributed by atoms with Gasteiger partial charge in [-0.2, -0.15) is 0 Å². The summed E-state index contributed by atoms with van der Waals surface area (Å²) in [6.45, 7) is 3.75. The van der Waals surface area contributed by atoms with E-state index in [0.29, 0.717) is 20.6 Å². The van der Waals surface area contributed by atoms with Gasteiger partial charge in [0.2, 0.25) is 0 Å². The van der Waals surface area contributed by atoms with Crippen LogP contribution in [0.2, 0.25) is 0 Å². The minimum Gasteiger partial charge on any atom is -0.508 e. The van der Waals surface area contributed by atoms with E-state index in [-0.39, 0.29) is 17.9 Å². The van der Waals surface area contributed by atoms with Gasteiger partial charge in [0.15, 0.2) is 4.80 Å². The van der Waals surface area contributed by atoms with Crippen molar-refractivity contribution in [2.24, 2.45) is 4.99 Å². The van der Waals surface area contributed by atoms with Gasteiger partial charge >= 0.3 is 5.97 Å². The van der Waals surface area contributed by atoms with E-state index in [1.165, 1.54) is 11.3 Å². The third-order valence-corrected chi connectivity index (χ3v) is 5.81. The quantitative estimate of drug-likeness (QED) is 0.658. The third-order valence-electron chi connectivity index (χ3n) is 4.82. The summed E-state index contributed by atoms with van der Waals surface area (Å²) in [5, 5.41) is 9.48. The molecule has 0 radical (unpaired) electrons. The zero-order valence-electron chi connectivity index (χ0n) is 16.5. The molecule has 1 aliphatic rings. The standard InChI is InChI=1S/C23H20N2O4S/c1-3-29-22(28)19-14(2)24-23-25(20(19)16-7-5-4-6-8-16)21(27)18(30-23)13-15-9-11-17(26)12-10-15/h4-13,20,26H,3H2,1-2H3/b18-13-. The Balaban J connectivity index is 1.94. The molecule has 30 heavy (non-hydrogen) atoms. The van der Waals surface area contributed by atoms with Crippen LogP contribution in [0.5, 0.6) is 5.75 Å². The number of phenols is 1. The van der Waals surface area contributed by atoms with E-state index in [4.69, 9.17) is 4.74 Å². The SMILES string of the molecule is CCOC(=O)C1=C(C)N=c2s/c(=C\c3ccc(O)cc3)c(=O)n2C1c1ccccc1. The number of carbonyl (C=O) groups excluding carboxylic acids is 1. The zero-order valence-corrected chi connectivity index (χ0v) is 17.3. The first kappa shape index (κ1) is 19.8. The highest BCUT2D eigenvalue weighted by Crippen LogP contribution is 2.30. The molecule has 2 aromatic carbocycles. The molecule has 7 heteroatoms. The number of ether oxygens (including phenoxy) is 1. The number of benzene rings is 2. The summed E-state index contributed by atoms with van der Waals surface area (Å²) in [7, 11) is 0. The van der Waals surface area contributed by atoms with Gasteiger partial charge in [0, 0.05) is 0 Å². The molecule has 0 bridgehead atoms. The summed E-state index contributed by atoms with van der Waals surface area (Å²) in [4.78, 5) is 31.2. The van der Waals surface area contributed by atoms with Crippen molar-refractivity contribution < 1.29 is 14.6 Å². The van der Waals surface area contributed by atoms with Crippen LogP contribution >= 0.6 is 11.3 Å². The van der Waals surface area contributed by atoms with Crippen molar-refractivity contribution in [2.75, 3.05) is 6.61 Å². The first-order valence-corrected chi connectivity index (χ1v) is 10.3. The van der Waals surface area contributed by atoms with Crippen molar-refractivity contribution in [1.82, 2.24) is 4.57 Å². The second-order valence-corrected chi connectivity index (χ2v) is 7.81. The average Bonchev–Trinajstić information content (AvgIpc) is 3.04. The average molecular weight is 420 g/mol. The second kappa shape index (κ2) is 8.12. The van der Waals surface area contributed by atoms with Crippen LogP contribution in [0.25, 0.3) is 6.08 Å². The van der Waals surface area contributed by atoms with Crippen LogP contribution < -0.4 is 14.9 Å². The van der Waals surface area contributed by atoms with Gasteiger partial charge in [-0.1, -0.05) is 53.8 Å². The van der Waals surface area contributed by atoms with Crippen molar-refractivity contribution in [3.8, 4) is 5.75 Å². The van der Waals surface area contributed by atoms with Crippen LogP contribution in [0.4, 0.5) is 0 Å². The Morgan fingerprint density at radius 3 is 2.57 bits per heavy atom. The molecule has 4 rings (SSSR count). The van der Waals surface area contributed by atoms with Gasteiger partial charge in [-0.25, -0.2) is 9.79 Å². The van der Waals surface area contributed by atoms with Crippen LogP contribution in [-0.2, 0) is 9.53 Å². The number of esters is 1. The zero-order chi connectivity index (χ0) is 21.3. The van der Waals surface area contributed by atoms with Gasteiger partial charge in [-0.3, -0.25) is 9.36 Å². The second-order valence-electron chi connectivity index (χ2n) is 6.80. The summed E-state index contributed by atoms with van der Waals surface area (Å²) in [6.07, 6.45) is 1.76. The van der Waals surface area contributed by atoms with E-state index >= 15 is 0 Å². The predicted octanol–water partition coefficient (Wildman–Crippen LogP) is 2.50. The highest BCUT2D eigenvalue weighted by atomic mass is 32.1. The maximum Gasteiger partial charge on any atom is 0.338 e. The number of allylic oxidation sites excluding steroid dienone is 1. The lowest BCUT2D eigenvalue weighted by Gasteiger charge is -2.24. The number of carbonyl (C=O) groups is 1. The maximum atomic E-state index is 13.4. The van der Waals surface area contributed by atoms with E-state index in [0.717, 1.165) is 11.1 Å². The van der Waals surface area contributed by atoms with Gasteiger partial charge < -0.3 is 9.84 Å². The fraction of sp³-hybridized carbons (Fsp3) is 0.174. The van der Waals surface area contributed by atoms with E-state index in [1.807, 2.05) is 30.3 Å². The van der Waals surface area contributed by atoms with Crippen molar-refractivity contribution in [3.63, 3.8) is 0 Å². The van der Waals surface area contributed by atoms with Crippen LogP contribution in [0.15, 0.2) is 75.7 Å². The topological polar surface area (TPSA) is 80.9 Å². The van der Waals surface area contributed by atoms with Gasteiger partial charge in [0.25, 0.3) is 5.56 Å². The molecule has 1 aliphatic heterocycles. The van der Waals surface area contributed by atoms with Gasteiger partial charge in [-0.15, -0.1) is 0 Å². The number of hydrogen-bond acceptors (Lipinski definition) is 6. The number of nitrogens with zero attached hydrogens (tertiary/aromatic N) is 2.